The molecule has 0 aliphatic carbocycles. The van der Waals surface area contributed by atoms with E-state index in [2.05, 4.69) is 4.98 Å². The molecule has 222 valence electrons. The number of aromatic nitrogens is 1. The predicted molar refractivity (Wildman–Crippen MR) is 144 cm³/mol. The Morgan fingerprint density at radius 2 is 1.85 bits per heavy atom. The number of ether oxygens (including phenoxy) is 5. The van der Waals surface area contributed by atoms with Crippen molar-refractivity contribution in [3.63, 3.8) is 0 Å². The first kappa shape index (κ1) is 31.7. The maximum Gasteiger partial charge on any atom is 0.312 e. The molecule has 1 aliphatic rings. The maximum atomic E-state index is 13.5. The molecule has 1 aromatic carbocycles. The molecule has 0 N–H and O–H groups in total. The quantitative estimate of drug-likeness (QED) is 0.319. The zero-order chi connectivity index (χ0) is 30.1. The summed E-state index contributed by atoms with van der Waals surface area (Å²) in [6.45, 7) is 6.33. The van der Waals surface area contributed by atoms with Crippen molar-refractivity contribution in [3.8, 4) is 11.5 Å². The Bertz CT molecular complexity index is 1230. The number of hydrogen-bond acceptors (Lipinski definition) is 10. The van der Waals surface area contributed by atoms with E-state index in [1.54, 1.807) is 32.9 Å². The summed E-state index contributed by atoms with van der Waals surface area (Å²) in [5, 5.41) is 0. The number of methoxy groups -OCH3 is 1. The molecule has 0 bridgehead atoms. The van der Waals surface area contributed by atoms with Crippen LogP contribution in [0.15, 0.2) is 36.5 Å². The summed E-state index contributed by atoms with van der Waals surface area (Å²) in [7, 11) is 1.36. The normalized spacial score (nSPS) is 21.5. The number of Topliss-reactive ketones (excluding diaryl/α,β-unsaturated/α-hetero) is 1. The van der Waals surface area contributed by atoms with Crippen molar-refractivity contribution in [1.29, 1.82) is 0 Å². The predicted octanol–water partition coefficient (Wildman–Crippen LogP) is 4.12. The van der Waals surface area contributed by atoms with Gasteiger partial charge in [0.1, 0.15) is 18.0 Å². The molecule has 0 spiro atoms. The minimum Gasteiger partial charge on any atom is -0.493 e. The van der Waals surface area contributed by atoms with Gasteiger partial charge < -0.3 is 23.7 Å². The summed E-state index contributed by atoms with van der Waals surface area (Å²) < 4.78 is 41.3. The lowest BCUT2D eigenvalue weighted by Crippen LogP contribution is -2.43. The molecule has 3 rings (SSSR count). The molecular formula is C30H36FNO9. The van der Waals surface area contributed by atoms with Crippen LogP contribution in [-0.4, -0.2) is 61.2 Å². The highest BCUT2D eigenvalue weighted by molar-refractivity contribution is 6.00. The van der Waals surface area contributed by atoms with E-state index < -0.39 is 47.7 Å². The van der Waals surface area contributed by atoms with Crippen LogP contribution < -0.4 is 9.47 Å². The van der Waals surface area contributed by atoms with Gasteiger partial charge in [0.15, 0.2) is 17.2 Å². The van der Waals surface area contributed by atoms with Crippen molar-refractivity contribution >= 4 is 23.7 Å². The van der Waals surface area contributed by atoms with Crippen LogP contribution in [0.1, 0.15) is 56.6 Å². The number of carbonyl (C=O) groups excluding carboxylic acids is 4. The van der Waals surface area contributed by atoms with E-state index >= 15 is 0 Å². The first-order valence-corrected chi connectivity index (χ1v) is 13.5. The highest BCUT2D eigenvalue weighted by Crippen LogP contribution is 2.32. The summed E-state index contributed by atoms with van der Waals surface area (Å²) in [4.78, 5) is 54.9. The van der Waals surface area contributed by atoms with E-state index in [0.29, 0.717) is 12.8 Å². The van der Waals surface area contributed by atoms with E-state index in [1.165, 1.54) is 38.4 Å². The van der Waals surface area contributed by atoms with Gasteiger partial charge in [-0.3, -0.25) is 19.2 Å². The fourth-order valence-corrected chi connectivity index (χ4v) is 4.52. The third-order valence-corrected chi connectivity index (χ3v) is 6.68. The largest absolute Gasteiger partial charge is 0.493 e. The Balaban J connectivity index is 1.83. The summed E-state index contributed by atoms with van der Waals surface area (Å²) >= 11 is 0. The van der Waals surface area contributed by atoms with Crippen molar-refractivity contribution in [2.24, 2.45) is 17.8 Å². The SMILES string of the molecule is COc1ccnc(C(=O)C[C@H]2COCC[C@H](Cc3ccc(F)cc3)[C@@H](OC(=O)C(C)C)[C@H](C)OC2=O)c1OC(C)=O. The molecule has 0 unspecified atom stereocenters. The van der Waals surface area contributed by atoms with Crippen molar-refractivity contribution in [1.82, 2.24) is 4.98 Å². The maximum absolute atomic E-state index is 13.5. The van der Waals surface area contributed by atoms with Gasteiger partial charge in [0.05, 0.1) is 25.6 Å². The first-order chi connectivity index (χ1) is 19.5. The lowest BCUT2D eigenvalue weighted by Gasteiger charge is -2.34. The van der Waals surface area contributed by atoms with Gasteiger partial charge in [-0.2, -0.15) is 0 Å². The fourth-order valence-electron chi connectivity index (χ4n) is 4.52. The number of esters is 3. The van der Waals surface area contributed by atoms with Crippen molar-refractivity contribution in [2.75, 3.05) is 20.3 Å². The molecule has 11 heteroatoms. The van der Waals surface area contributed by atoms with Crippen LogP contribution in [0.2, 0.25) is 0 Å². The zero-order valence-corrected chi connectivity index (χ0v) is 23.9. The molecule has 0 amide bonds. The average Bonchev–Trinajstić information content (AvgIpc) is 2.92. The molecule has 2 aromatic rings. The number of benzene rings is 1. The highest BCUT2D eigenvalue weighted by atomic mass is 19.1. The number of halogens is 1. The van der Waals surface area contributed by atoms with Crippen LogP contribution >= 0.6 is 0 Å². The fraction of sp³-hybridized carbons (Fsp3) is 0.500. The standard InChI is InChI=1S/C30H36FNO9/c1-17(2)29(35)41-27-18(3)39-30(36)22(16-38-13-11-21(27)14-20-6-8-23(31)9-7-20)15-24(34)26-28(40-19(4)33)25(37-5)10-12-32-26/h6-10,12,17-18,21-22,27H,11,13-16H2,1-5H3/t18-,21+,22-,27-/m0/s1. The molecule has 1 saturated heterocycles. The van der Waals surface area contributed by atoms with Crippen LogP contribution in [-0.2, 0) is 35.0 Å². The Hall–Kier alpha value is -3.86. The van der Waals surface area contributed by atoms with Crippen LogP contribution in [0.5, 0.6) is 11.5 Å². The lowest BCUT2D eigenvalue weighted by atomic mass is 9.88. The number of hydrogen-bond donors (Lipinski definition) is 0. The molecule has 0 saturated carbocycles. The molecule has 1 fully saturated rings. The van der Waals surface area contributed by atoms with Gasteiger partial charge in [-0.1, -0.05) is 26.0 Å². The van der Waals surface area contributed by atoms with Crippen LogP contribution in [0, 0.1) is 23.6 Å². The van der Waals surface area contributed by atoms with Gasteiger partial charge in [-0.15, -0.1) is 0 Å². The van der Waals surface area contributed by atoms with Crippen LogP contribution in [0.3, 0.4) is 0 Å². The lowest BCUT2D eigenvalue weighted by molar-refractivity contribution is -0.179. The number of rotatable bonds is 9. The van der Waals surface area contributed by atoms with Crippen molar-refractivity contribution < 1.29 is 47.3 Å². The van der Waals surface area contributed by atoms with Gasteiger partial charge in [0.2, 0.25) is 5.75 Å². The molecule has 1 aliphatic heterocycles. The Morgan fingerprint density at radius 3 is 2.49 bits per heavy atom. The molecule has 0 radical (unpaired) electrons. The molecular weight excluding hydrogens is 537 g/mol. The Morgan fingerprint density at radius 1 is 1.15 bits per heavy atom. The molecule has 4 atom stereocenters. The number of pyridine rings is 1. The van der Waals surface area contributed by atoms with E-state index in [4.69, 9.17) is 23.7 Å². The van der Waals surface area contributed by atoms with Gasteiger partial charge in [-0.05, 0) is 37.5 Å². The number of cyclic esters (lactones) is 1. The monoisotopic (exact) mass is 573 g/mol. The number of nitrogens with zero attached hydrogens (tertiary/aromatic N) is 1. The van der Waals surface area contributed by atoms with Crippen molar-refractivity contribution in [3.05, 3.63) is 53.6 Å². The third kappa shape index (κ3) is 8.81. The number of carbonyl (C=O) groups is 4. The second-order valence-electron chi connectivity index (χ2n) is 10.3. The van der Waals surface area contributed by atoms with E-state index in [9.17, 15) is 23.6 Å². The first-order valence-electron chi connectivity index (χ1n) is 13.5. The number of ketones is 1. The van der Waals surface area contributed by atoms with Crippen LogP contribution in [0.4, 0.5) is 4.39 Å². The highest BCUT2D eigenvalue weighted by Gasteiger charge is 2.37. The second-order valence-corrected chi connectivity index (χ2v) is 10.3. The zero-order valence-electron chi connectivity index (χ0n) is 23.9. The Labute approximate surface area is 238 Å². The summed E-state index contributed by atoms with van der Waals surface area (Å²) in [5.41, 5.74) is 0.663. The van der Waals surface area contributed by atoms with Gasteiger partial charge >= 0.3 is 17.9 Å². The van der Waals surface area contributed by atoms with E-state index in [1.807, 2.05) is 0 Å². The third-order valence-electron chi connectivity index (χ3n) is 6.68. The summed E-state index contributed by atoms with van der Waals surface area (Å²) in [5.74, 6) is -4.48. The van der Waals surface area contributed by atoms with Gasteiger partial charge in [0.25, 0.3) is 0 Å². The van der Waals surface area contributed by atoms with E-state index in [0.717, 1.165) is 5.56 Å². The van der Waals surface area contributed by atoms with Crippen molar-refractivity contribution in [2.45, 2.75) is 59.2 Å². The van der Waals surface area contributed by atoms with Gasteiger partial charge in [0, 0.05) is 38.1 Å². The summed E-state index contributed by atoms with van der Waals surface area (Å²) in [6, 6.07) is 7.47. The van der Waals surface area contributed by atoms with E-state index in [-0.39, 0.29) is 48.6 Å². The minimum atomic E-state index is -1.00. The van der Waals surface area contributed by atoms with Gasteiger partial charge in [-0.25, -0.2) is 9.37 Å². The topological polar surface area (TPSA) is 127 Å². The minimum absolute atomic E-state index is 0.107. The van der Waals surface area contributed by atoms with Crippen LogP contribution in [0.25, 0.3) is 0 Å². The molecule has 10 nitrogen and oxygen atoms in total. The molecule has 1 aromatic heterocycles. The molecule has 2 heterocycles. The smallest absolute Gasteiger partial charge is 0.312 e. The average molecular weight is 574 g/mol. The molecule has 41 heavy (non-hydrogen) atoms. The summed E-state index contributed by atoms with van der Waals surface area (Å²) in [6.07, 6.45) is 0.215. The Kier molecular flexibility index (Phi) is 11.3. The second kappa shape index (κ2) is 14.7.